The van der Waals surface area contributed by atoms with Crippen molar-refractivity contribution in [2.75, 3.05) is 6.61 Å². The van der Waals surface area contributed by atoms with Gasteiger partial charge in [-0.05, 0) is 49.6 Å². The first kappa shape index (κ1) is 22.5. The zero-order chi connectivity index (χ0) is 21.6. The molecule has 0 aliphatic heterocycles. The molecule has 0 spiro atoms. The van der Waals surface area contributed by atoms with Crippen LogP contribution in [0.15, 0.2) is 23.0 Å². The van der Waals surface area contributed by atoms with Gasteiger partial charge in [-0.15, -0.1) is 0 Å². The number of benzene rings is 1. The fourth-order valence-corrected chi connectivity index (χ4v) is 3.41. The van der Waals surface area contributed by atoms with E-state index in [0.29, 0.717) is 17.2 Å². The predicted molar refractivity (Wildman–Crippen MR) is 112 cm³/mol. The van der Waals surface area contributed by atoms with Gasteiger partial charge in [0.05, 0.1) is 5.56 Å². The Morgan fingerprint density at radius 1 is 1.28 bits per heavy atom. The monoisotopic (exact) mass is 416 g/mol. The van der Waals surface area contributed by atoms with E-state index in [-0.39, 0.29) is 29.8 Å². The van der Waals surface area contributed by atoms with E-state index in [0.717, 1.165) is 29.4 Å². The molecule has 0 radical (unpaired) electrons. The summed E-state index contributed by atoms with van der Waals surface area (Å²) in [4.78, 5) is 25.4. The van der Waals surface area contributed by atoms with Crippen LogP contribution in [0.1, 0.15) is 59.7 Å². The number of pyridine rings is 1. The average Bonchev–Trinajstić information content (AvgIpc) is 2.67. The number of aromatic hydroxyl groups is 1. The van der Waals surface area contributed by atoms with Crippen molar-refractivity contribution in [3.63, 3.8) is 0 Å². The molecule has 0 amide bonds. The highest BCUT2D eigenvalue weighted by Gasteiger charge is 2.24. The first-order valence-corrected chi connectivity index (χ1v) is 9.98. The molecule has 1 aromatic carbocycles. The zero-order valence-electron chi connectivity index (χ0n) is 16.9. The number of aromatic nitrogens is 1. The fourth-order valence-electron chi connectivity index (χ4n) is 3.18. The van der Waals surface area contributed by atoms with Gasteiger partial charge in [-0.25, -0.2) is 0 Å². The van der Waals surface area contributed by atoms with Crippen LogP contribution in [0.5, 0.6) is 11.6 Å². The number of hydrogen-bond acceptors (Lipinski definition) is 5. The minimum Gasteiger partial charge on any atom is -0.494 e. The molecule has 29 heavy (non-hydrogen) atoms. The van der Waals surface area contributed by atoms with Crippen molar-refractivity contribution >= 4 is 17.4 Å². The number of nitriles is 1. The number of carbonyl (C=O) groups excluding carboxylic acids is 1. The third-order valence-electron chi connectivity index (χ3n) is 4.81. The Morgan fingerprint density at radius 2 is 2.00 bits per heavy atom. The second kappa shape index (κ2) is 10.1. The lowest BCUT2D eigenvalue weighted by Gasteiger charge is -2.16. The van der Waals surface area contributed by atoms with Crippen LogP contribution in [0.25, 0.3) is 0 Å². The second-order valence-corrected chi connectivity index (χ2v) is 7.39. The number of Topliss-reactive ketones (excluding diaryl/α,β-unsaturated/α-hetero) is 1. The number of rotatable bonds is 9. The summed E-state index contributed by atoms with van der Waals surface area (Å²) in [5, 5.41) is 20.6. The standard InChI is InChI=1S/C22H25ClN2O4/c1-4-5-6-7-10-25-21(27)17(12-24)15(3)20(22(25)28)18(26)13-29-19-9-8-16(23)11-14(19)2/h8-9,11,28H,4-7,10,13H2,1-3H3. The molecule has 0 atom stereocenters. The van der Waals surface area contributed by atoms with Gasteiger partial charge in [-0.2, -0.15) is 5.26 Å². The molecule has 2 aromatic rings. The summed E-state index contributed by atoms with van der Waals surface area (Å²) < 4.78 is 6.70. The highest BCUT2D eigenvalue weighted by molar-refractivity contribution is 6.30. The van der Waals surface area contributed by atoms with Gasteiger partial charge in [-0.1, -0.05) is 37.8 Å². The summed E-state index contributed by atoms with van der Waals surface area (Å²) in [6, 6.07) is 6.90. The van der Waals surface area contributed by atoms with Gasteiger partial charge < -0.3 is 9.84 Å². The Morgan fingerprint density at radius 3 is 2.62 bits per heavy atom. The Kier molecular flexibility index (Phi) is 7.86. The van der Waals surface area contributed by atoms with E-state index in [1.54, 1.807) is 25.1 Å². The Bertz CT molecular complexity index is 1010. The molecule has 7 heteroatoms. The van der Waals surface area contributed by atoms with Gasteiger partial charge in [0.25, 0.3) is 5.56 Å². The quantitative estimate of drug-likeness (QED) is 0.478. The molecule has 0 bridgehead atoms. The van der Waals surface area contributed by atoms with Crippen molar-refractivity contribution in [1.29, 1.82) is 5.26 Å². The maximum atomic E-state index is 12.8. The van der Waals surface area contributed by atoms with E-state index in [1.165, 1.54) is 6.92 Å². The third-order valence-corrected chi connectivity index (χ3v) is 5.05. The Balaban J connectivity index is 2.33. The molecule has 0 unspecified atom stereocenters. The lowest BCUT2D eigenvalue weighted by Crippen LogP contribution is -2.28. The van der Waals surface area contributed by atoms with Crippen molar-refractivity contribution < 1.29 is 14.6 Å². The molecule has 2 rings (SSSR count). The van der Waals surface area contributed by atoms with E-state index >= 15 is 0 Å². The molecule has 0 saturated carbocycles. The van der Waals surface area contributed by atoms with Gasteiger partial charge in [0.1, 0.15) is 17.4 Å². The molecule has 0 saturated heterocycles. The maximum Gasteiger partial charge on any atom is 0.271 e. The van der Waals surface area contributed by atoms with Crippen LogP contribution in [-0.4, -0.2) is 22.1 Å². The predicted octanol–water partition coefficient (Wildman–Crippen LogP) is 4.54. The lowest BCUT2D eigenvalue weighted by molar-refractivity contribution is 0.0916. The van der Waals surface area contributed by atoms with Crippen LogP contribution in [-0.2, 0) is 6.54 Å². The van der Waals surface area contributed by atoms with E-state index < -0.39 is 17.2 Å². The summed E-state index contributed by atoms with van der Waals surface area (Å²) in [6.45, 7) is 5.27. The number of aryl methyl sites for hydroxylation is 1. The zero-order valence-corrected chi connectivity index (χ0v) is 17.7. The second-order valence-electron chi connectivity index (χ2n) is 6.95. The van der Waals surface area contributed by atoms with Crippen molar-refractivity contribution in [2.45, 2.75) is 53.0 Å². The molecule has 1 N–H and O–H groups in total. The maximum absolute atomic E-state index is 12.8. The fraction of sp³-hybridized carbons (Fsp3) is 0.409. The lowest BCUT2D eigenvalue weighted by atomic mass is 10.0. The largest absolute Gasteiger partial charge is 0.494 e. The van der Waals surface area contributed by atoms with E-state index in [2.05, 4.69) is 6.92 Å². The summed E-state index contributed by atoms with van der Waals surface area (Å²) in [5.41, 5.74) is 0.170. The molecular weight excluding hydrogens is 392 g/mol. The first-order valence-electron chi connectivity index (χ1n) is 9.60. The van der Waals surface area contributed by atoms with Gasteiger partial charge in [0, 0.05) is 11.6 Å². The van der Waals surface area contributed by atoms with Crippen LogP contribution >= 0.6 is 11.6 Å². The normalized spacial score (nSPS) is 10.6. The summed E-state index contributed by atoms with van der Waals surface area (Å²) in [7, 11) is 0. The Labute approximate surface area is 175 Å². The van der Waals surface area contributed by atoms with Crippen LogP contribution in [0, 0.1) is 25.2 Å². The number of nitrogens with zero attached hydrogens (tertiary/aromatic N) is 2. The molecule has 154 valence electrons. The molecule has 0 fully saturated rings. The molecule has 1 aromatic heterocycles. The third kappa shape index (κ3) is 5.18. The van der Waals surface area contributed by atoms with E-state index in [1.807, 2.05) is 6.07 Å². The average molecular weight is 417 g/mol. The van der Waals surface area contributed by atoms with Crippen molar-refractivity contribution in [3.05, 3.63) is 55.8 Å². The Hall–Kier alpha value is -2.78. The summed E-state index contributed by atoms with van der Waals surface area (Å²) in [5.74, 6) is -0.425. The number of carbonyl (C=O) groups is 1. The number of ketones is 1. The van der Waals surface area contributed by atoms with Gasteiger partial charge in [-0.3, -0.25) is 14.2 Å². The van der Waals surface area contributed by atoms with Crippen LogP contribution in [0.2, 0.25) is 5.02 Å². The van der Waals surface area contributed by atoms with Gasteiger partial charge >= 0.3 is 0 Å². The van der Waals surface area contributed by atoms with E-state index in [4.69, 9.17) is 16.3 Å². The molecule has 0 aliphatic rings. The van der Waals surface area contributed by atoms with Crippen LogP contribution in [0.4, 0.5) is 0 Å². The van der Waals surface area contributed by atoms with Crippen molar-refractivity contribution in [1.82, 2.24) is 4.57 Å². The number of ether oxygens (including phenoxy) is 1. The van der Waals surface area contributed by atoms with Crippen molar-refractivity contribution in [2.24, 2.45) is 0 Å². The SMILES string of the molecule is CCCCCCn1c(O)c(C(=O)COc2ccc(Cl)cc2C)c(C)c(C#N)c1=O. The molecule has 1 heterocycles. The van der Waals surface area contributed by atoms with Gasteiger partial charge in [0.2, 0.25) is 11.7 Å². The highest BCUT2D eigenvalue weighted by Crippen LogP contribution is 2.25. The minimum atomic E-state index is -0.579. The smallest absolute Gasteiger partial charge is 0.271 e. The van der Waals surface area contributed by atoms with Gasteiger partial charge in [0.15, 0.2) is 6.61 Å². The van der Waals surface area contributed by atoms with Crippen LogP contribution < -0.4 is 10.3 Å². The molecular formula is C22H25ClN2O4. The summed E-state index contributed by atoms with van der Waals surface area (Å²) >= 11 is 5.93. The minimum absolute atomic E-state index is 0.0525. The van der Waals surface area contributed by atoms with Crippen LogP contribution in [0.3, 0.4) is 0 Å². The topological polar surface area (TPSA) is 92.3 Å². The van der Waals surface area contributed by atoms with Crippen molar-refractivity contribution in [3.8, 4) is 17.7 Å². The first-order chi connectivity index (χ1) is 13.8. The highest BCUT2D eigenvalue weighted by atomic mass is 35.5. The summed E-state index contributed by atoms with van der Waals surface area (Å²) in [6.07, 6.45) is 3.60. The number of unbranched alkanes of at least 4 members (excludes halogenated alkanes) is 3. The number of hydrogen-bond donors (Lipinski definition) is 1. The molecule has 6 nitrogen and oxygen atoms in total. The van der Waals surface area contributed by atoms with E-state index in [9.17, 15) is 20.0 Å². The number of halogens is 1. The molecule has 0 aliphatic carbocycles.